The van der Waals surface area contributed by atoms with Crippen LogP contribution in [0.2, 0.25) is 5.02 Å². The molecule has 1 heterocycles. The van der Waals surface area contributed by atoms with Crippen molar-refractivity contribution in [3.8, 4) is 11.3 Å². The van der Waals surface area contributed by atoms with Gasteiger partial charge in [-0.2, -0.15) is 0 Å². The summed E-state index contributed by atoms with van der Waals surface area (Å²) in [4.78, 5) is 11.6. The molecule has 0 saturated carbocycles. The van der Waals surface area contributed by atoms with Gasteiger partial charge in [0, 0.05) is 17.0 Å². The summed E-state index contributed by atoms with van der Waals surface area (Å²) in [6.45, 7) is 2.46. The highest BCUT2D eigenvalue weighted by Crippen LogP contribution is 2.23. The lowest BCUT2D eigenvalue weighted by Crippen LogP contribution is -2.38. The maximum atomic E-state index is 11.6. The number of amides is 1. The molecule has 0 aliphatic carbocycles. The minimum atomic E-state index is -0.0642. The average Bonchev–Trinajstić information content (AvgIpc) is 3.00. The maximum absolute atomic E-state index is 11.6. The van der Waals surface area contributed by atoms with E-state index in [2.05, 4.69) is 10.6 Å². The van der Waals surface area contributed by atoms with Crippen LogP contribution in [0.15, 0.2) is 40.8 Å². The molecule has 2 rings (SSSR count). The lowest BCUT2D eigenvalue weighted by atomic mass is 10.2. The van der Waals surface area contributed by atoms with Crippen molar-refractivity contribution < 1.29 is 9.21 Å². The number of carbonyl (C=O) groups excluding carboxylic acids is 1. The molecule has 0 unspecified atom stereocenters. The van der Waals surface area contributed by atoms with Crippen LogP contribution in [0.3, 0.4) is 0 Å². The lowest BCUT2D eigenvalue weighted by Gasteiger charge is -2.08. The van der Waals surface area contributed by atoms with Crippen LogP contribution in [0.5, 0.6) is 0 Å². The molecule has 0 saturated heterocycles. The number of carbonyl (C=O) groups is 1. The average molecular weight is 351 g/mol. The predicted octanol–water partition coefficient (Wildman–Crippen LogP) is 4.28. The molecule has 0 aliphatic rings. The molecule has 1 amide bonds. The first-order chi connectivity index (χ1) is 11.1. The summed E-state index contributed by atoms with van der Waals surface area (Å²) in [6, 6.07) is 11.2. The van der Waals surface area contributed by atoms with Gasteiger partial charge in [-0.3, -0.25) is 4.79 Å². The minimum absolute atomic E-state index is 0.0642. The first-order valence-electron chi connectivity index (χ1n) is 7.51. The predicted molar refractivity (Wildman–Crippen MR) is 96.3 cm³/mol. The van der Waals surface area contributed by atoms with Gasteiger partial charge in [-0.25, -0.2) is 0 Å². The molecule has 0 atom stereocenters. The Kier molecular flexibility index (Phi) is 6.62. The molecule has 0 radical (unpaired) electrons. The first-order valence-corrected chi connectivity index (χ1v) is 8.29. The number of unbranched alkanes of at least 4 members (excludes halogenated alkanes) is 1. The molecule has 1 aromatic heterocycles. The summed E-state index contributed by atoms with van der Waals surface area (Å²) in [6.07, 6.45) is 2.32. The Labute approximate surface area is 146 Å². The van der Waals surface area contributed by atoms with Gasteiger partial charge in [0.2, 0.25) is 5.91 Å². The number of benzene rings is 1. The zero-order valence-corrected chi connectivity index (χ0v) is 14.5. The van der Waals surface area contributed by atoms with Gasteiger partial charge in [-0.05, 0) is 55.0 Å². The van der Waals surface area contributed by atoms with Crippen LogP contribution in [0.1, 0.15) is 31.9 Å². The van der Waals surface area contributed by atoms with E-state index in [1.54, 1.807) is 0 Å². The van der Waals surface area contributed by atoms with Crippen molar-refractivity contribution in [2.45, 2.75) is 32.7 Å². The third-order valence-corrected chi connectivity index (χ3v) is 3.72. The van der Waals surface area contributed by atoms with Crippen LogP contribution < -0.4 is 10.6 Å². The number of nitrogens with one attached hydrogen (secondary N) is 2. The van der Waals surface area contributed by atoms with E-state index in [1.807, 2.05) is 43.3 Å². The Hall–Kier alpha value is -1.85. The zero-order chi connectivity index (χ0) is 16.7. The zero-order valence-electron chi connectivity index (χ0n) is 12.9. The molecule has 122 valence electrons. The van der Waals surface area contributed by atoms with E-state index in [9.17, 15) is 4.79 Å². The van der Waals surface area contributed by atoms with Gasteiger partial charge in [-0.1, -0.05) is 24.9 Å². The quantitative estimate of drug-likeness (QED) is 0.763. The Balaban J connectivity index is 1.84. The number of thiocarbonyl (C=S) groups is 1. The van der Waals surface area contributed by atoms with Gasteiger partial charge in [0.1, 0.15) is 11.5 Å². The highest BCUT2D eigenvalue weighted by molar-refractivity contribution is 7.80. The molecule has 2 aromatic rings. The molecule has 23 heavy (non-hydrogen) atoms. The molecule has 0 spiro atoms. The standard InChI is InChI=1S/C17H19ClN2O2S/c1-2-3-4-16(21)20-17(23)19-11-14-9-10-15(22-14)12-5-7-13(18)8-6-12/h5-10H,2-4,11H2,1H3,(H2,19,20,21,23). The van der Waals surface area contributed by atoms with E-state index in [4.69, 9.17) is 28.2 Å². The third kappa shape index (κ3) is 5.69. The van der Waals surface area contributed by atoms with Gasteiger partial charge in [-0.15, -0.1) is 0 Å². The largest absolute Gasteiger partial charge is 0.459 e. The second kappa shape index (κ2) is 8.70. The third-order valence-electron chi connectivity index (χ3n) is 3.22. The molecular formula is C17H19ClN2O2S. The summed E-state index contributed by atoms with van der Waals surface area (Å²) in [5.74, 6) is 1.43. The Morgan fingerprint density at radius 2 is 1.96 bits per heavy atom. The van der Waals surface area contributed by atoms with E-state index in [1.165, 1.54) is 0 Å². The fourth-order valence-corrected chi connectivity index (χ4v) is 2.29. The highest BCUT2D eigenvalue weighted by atomic mass is 35.5. The molecule has 0 fully saturated rings. The van der Waals surface area contributed by atoms with Gasteiger partial charge in [0.15, 0.2) is 5.11 Å². The van der Waals surface area contributed by atoms with Crippen molar-refractivity contribution in [1.29, 1.82) is 0 Å². The SMILES string of the molecule is CCCCC(=O)NC(=S)NCc1ccc(-c2ccc(Cl)cc2)o1. The lowest BCUT2D eigenvalue weighted by molar-refractivity contribution is -0.119. The molecule has 0 bridgehead atoms. The van der Waals surface area contributed by atoms with E-state index >= 15 is 0 Å². The van der Waals surface area contributed by atoms with Crippen molar-refractivity contribution in [3.05, 3.63) is 47.2 Å². The molecule has 4 nitrogen and oxygen atoms in total. The Morgan fingerprint density at radius 1 is 1.22 bits per heavy atom. The van der Waals surface area contributed by atoms with Crippen LogP contribution in [-0.4, -0.2) is 11.0 Å². The second-order valence-corrected chi connectivity index (χ2v) is 5.95. The normalized spacial score (nSPS) is 10.3. The molecule has 2 N–H and O–H groups in total. The number of halogens is 1. The van der Waals surface area contributed by atoms with Gasteiger partial charge >= 0.3 is 0 Å². The molecule has 6 heteroatoms. The summed E-state index contributed by atoms with van der Waals surface area (Å²) in [7, 11) is 0. The van der Waals surface area contributed by atoms with Crippen molar-refractivity contribution in [2.75, 3.05) is 0 Å². The topological polar surface area (TPSA) is 54.3 Å². The fraction of sp³-hybridized carbons (Fsp3) is 0.294. The number of hydrogen-bond donors (Lipinski definition) is 2. The van der Waals surface area contributed by atoms with Crippen LogP contribution >= 0.6 is 23.8 Å². The van der Waals surface area contributed by atoms with E-state index < -0.39 is 0 Å². The monoisotopic (exact) mass is 350 g/mol. The Morgan fingerprint density at radius 3 is 2.65 bits per heavy atom. The second-order valence-electron chi connectivity index (χ2n) is 5.11. The Bertz CT molecular complexity index is 667. The fourth-order valence-electron chi connectivity index (χ4n) is 1.98. The first kappa shape index (κ1) is 17.5. The van der Waals surface area contributed by atoms with Crippen LogP contribution in [0, 0.1) is 0 Å². The molecule has 1 aromatic carbocycles. The van der Waals surface area contributed by atoms with E-state index in [-0.39, 0.29) is 5.91 Å². The van der Waals surface area contributed by atoms with Crippen molar-refractivity contribution >= 4 is 34.8 Å². The van der Waals surface area contributed by atoms with Crippen LogP contribution in [0.4, 0.5) is 0 Å². The summed E-state index contributed by atoms with van der Waals surface area (Å²) < 4.78 is 5.75. The van der Waals surface area contributed by atoms with E-state index in [0.717, 1.165) is 29.9 Å². The van der Waals surface area contributed by atoms with Gasteiger partial charge in [0.05, 0.1) is 6.54 Å². The van der Waals surface area contributed by atoms with Gasteiger partial charge < -0.3 is 15.1 Å². The van der Waals surface area contributed by atoms with Gasteiger partial charge in [0.25, 0.3) is 0 Å². The molecular weight excluding hydrogens is 332 g/mol. The molecule has 0 aliphatic heterocycles. The minimum Gasteiger partial charge on any atom is -0.459 e. The summed E-state index contributed by atoms with van der Waals surface area (Å²) in [5.41, 5.74) is 0.955. The summed E-state index contributed by atoms with van der Waals surface area (Å²) >= 11 is 11.0. The van der Waals surface area contributed by atoms with Crippen LogP contribution in [-0.2, 0) is 11.3 Å². The number of rotatable bonds is 6. The van der Waals surface area contributed by atoms with Crippen LogP contribution in [0.25, 0.3) is 11.3 Å². The number of hydrogen-bond acceptors (Lipinski definition) is 3. The number of furan rings is 1. The van der Waals surface area contributed by atoms with E-state index in [0.29, 0.717) is 23.1 Å². The highest BCUT2D eigenvalue weighted by Gasteiger charge is 2.07. The van der Waals surface area contributed by atoms with Crippen molar-refractivity contribution in [1.82, 2.24) is 10.6 Å². The van der Waals surface area contributed by atoms with Crippen molar-refractivity contribution in [2.24, 2.45) is 0 Å². The smallest absolute Gasteiger partial charge is 0.226 e. The summed E-state index contributed by atoms with van der Waals surface area (Å²) in [5, 5.41) is 6.62. The maximum Gasteiger partial charge on any atom is 0.226 e. The van der Waals surface area contributed by atoms with Crippen molar-refractivity contribution in [3.63, 3.8) is 0 Å².